The summed E-state index contributed by atoms with van der Waals surface area (Å²) in [6.07, 6.45) is 1.02. The smallest absolute Gasteiger partial charge is 0.0801 e. The maximum atomic E-state index is 5.42. The van der Waals surface area contributed by atoms with Gasteiger partial charge in [-0.15, -0.1) is 0 Å². The van der Waals surface area contributed by atoms with Crippen molar-refractivity contribution in [3.8, 4) is 0 Å². The van der Waals surface area contributed by atoms with E-state index < -0.39 is 8.07 Å². The molecule has 0 N–H and O–H groups in total. The zero-order chi connectivity index (χ0) is 8.20. The van der Waals surface area contributed by atoms with E-state index in [9.17, 15) is 0 Å². The molecule has 0 spiro atoms. The van der Waals surface area contributed by atoms with E-state index in [1.165, 1.54) is 0 Å². The van der Waals surface area contributed by atoms with Crippen LogP contribution in [0, 0.1) is 0 Å². The Morgan fingerprint density at radius 3 is 2.10 bits per heavy atom. The Balaban J connectivity index is 3.63. The first-order valence-electron chi connectivity index (χ1n) is 4.08. The molecule has 0 amide bonds. The molecule has 0 saturated heterocycles. The molecule has 0 saturated carbocycles. The Bertz CT molecular complexity index is 89.3. The summed E-state index contributed by atoms with van der Waals surface area (Å²) in [5.74, 6) is 0. The average Bonchev–Trinajstić information content (AvgIpc) is 1.84. The summed E-state index contributed by atoms with van der Waals surface area (Å²) in [7, 11) is -1.02. The Morgan fingerprint density at radius 1 is 1.30 bits per heavy atom. The summed E-state index contributed by atoms with van der Waals surface area (Å²) in [6, 6.07) is 0. The van der Waals surface area contributed by atoms with Crippen LogP contribution in [0.25, 0.3) is 0 Å². The highest BCUT2D eigenvalue weighted by atomic mass is 28.3. The van der Waals surface area contributed by atoms with Crippen molar-refractivity contribution in [3.05, 3.63) is 0 Å². The van der Waals surface area contributed by atoms with Crippen molar-refractivity contribution in [1.29, 1.82) is 0 Å². The molecule has 62 valence electrons. The van der Waals surface area contributed by atoms with Gasteiger partial charge in [-0.3, -0.25) is 0 Å². The normalized spacial score (nSPS) is 12.6. The molecule has 0 fully saturated rings. The third-order valence-corrected chi connectivity index (χ3v) is 6.32. The van der Waals surface area contributed by atoms with Gasteiger partial charge in [0.2, 0.25) is 0 Å². The maximum Gasteiger partial charge on any atom is 0.0801 e. The van der Waals surface area contributed by atoms with Gasteiger partial charge in [0.1, 0.15) is 0 Å². The Morgan fingerprint density at radius 2 is 1.80 bits per heavy atom. The van der Waals surface area contributed by atoms with Crippen molar-refractivity contribution in [2.24, 2.45) is 0 Å². The van der Waals surface area contributed by atoms with Gasteiger partial charge in [0.15, 0.2) is 0 Å². The second-order valence-electron chi connectivity index (χ2n) is 3.78. The van der Waals surface area contributed by atoms with Crippen molar-refractivity contribution in [1.82, 2.24) is 0 Å². The van der Waals surface area contributed by atoms with Crippen LogP contribution in [0.1, 0.15) is 20.8 Å². The van der Waals surface area contributed by atoms with E-state index >= 15 is 0 Å². The van der Waals surface area contributed by atoms with E-state index in [1.54, 1.807) is 0 Å². The lowest BCUT2D eigenvalue weighted by molar-refractivity contribution is 0.187. The fraction of sp³-hybridized carbons (Fsp3) is 1.00. The summed E-state index contributed by atoms with van der Waals surface area (Å²) in [6.45, 7) is 12.3. The SMILES string of the molecule is CCOC[Si](C)(C)C(C)C. The van der Waals surface area contributed by atoms with Crippen LogP contribution in [0.4, 0.5) is 0 Å². The predicted octanol–water partition coefficient (Wildman–Crippen LogP) is 2.68. The molecule has 2 heteroatoms. The van der Waals surface area contributed by atoms with Gasteiger partial charge in [-0.1, -0.05) is 26.9 Å². The van der Waals surface area contributed by atoms with E-state index in [2.05, 4.69) is 33.9 Å². The molecule has 0 heterocycles. The molecular weight excluding hydrogens is 140 g/mol. The van der Waals surface area contributed by atoms with Crippen molar-refractivity contribution < 1.29 is 4.74 Å². The Hall–Kier alpha value is 0.177. The van der Waals surface area contributed by atoms with Crippen molar-refractivity contribution in [2.45, 2.75) is 39.4 Å². The van der Waals surface area contributed by atoms with Gasteiger partial charge in [0.05, 0.1) is 8.07 Å². The molecule has 0 aliphatic carbocycles. The van der Waals surface area contributed by atoms with Gasteiger partial charge < -0.3 is 4.74 Å². The first-order chi connectivity index (χ1) is 4.50. The van der Waals surface area contributed by atoms with E-state index in [0.29, 0.717) is 0 Å². The van der Waals surface area contributed by atoms with Crippen LogP contribution in [0.2, 0.25) is 18.6 Å². The Kier molecular flexibility index (Phi) is 4.21. The van der Waals surface area contributed by atoms with E-state index in [4.69, 9.17) is 4.74 Å². The van der Waals surface area contributed by atoms with Crippen LogP contribution in [-0.4, -0.2) is 20.9 Å². The topological polar surface area (TPSA) is 9.23 Å². The molecule has 0 aliphatic heterocycles. The maximum absolute atomic E-state index is 5.42. The summed E-state index contributed by atoms with van der Waals surface area (Å²) in [4.78, 5) is 0. The highest BCUT2D eigenvalue weighted by molar-refractivity contribution is 6.78. The minimum absolute atomic E-state index is 0.832. The van der Waals surface area contributed by atoms with Crippen LogP contribution in [0.5, 0.6) is 0 Å². The third kappa shape index (κ3) is 3.37. The zero-order valence-electron chi connectivity index (χ0n) is 7.90. The molecule has 0 aromatic heterocycles. The van der Waals surface area contributed by atoms with Crippen molar-refractivity contribution >= 4 is 8.07 Å². The van der Waals surface area contributed by atoms with Gasteiger partial charge in [0.25, 0.3) is 0 Å². The fourth-order valence-electron chi connectivity index (χ4n) is 0.532. The molecule has 0 bridgehead atoms. The standard InChI is InChI=1S/C8H20OSi/c1-6-9-7-10(4,5)8(2)3/h8H,6-7H2,1-5H3. The first kappa shape index (κ1) is 10.2. The highest BCUT2D eigenvalue weighted by Crippen LogP contribution is 2.19. The van der Waals surface area contributed by atoms with Gasteiger partial charge in [-0.2, -0.15) is 0 Å². The van der Waals surface area contributed by atoms with Crippen LogP contribution in [-0.2, 0) is 4.74 Å². The average molecular weight is 160 g/mol. The predicted molar refractivity (Wildman–Crippen MR) is 49.1 cm³/mol. The second-order valence-corrected chi connectivity index (χ2v) is 9.20. The van der Waals surface area contributed by atoms with Gasteiger partial charge >= 0.3 is 0 Å². The lowest BCUT2D eigenvalue weighted by atomic mass is 10.6. The lowest BCUT2D eigenvalue weighted by Gasteiger charge is -2.25. The van der Waals surface area contributed by atoms with Gasteiger partial charge in [0, 0.05) is 12.8 Å². The largest absolute Gasteiger partial charge is 0.385 e. The third-order valence-electron chi connectivity index (χ3n) is 2.24. The minimum Gasteiger partial charge on any atom is -0.385 e. The number of hydrogen-bond acceptors (Lipinski definition) is 1. The van der Waals surface area contributed by atoms with Crippen molar-refractivity contribution in [3.63, 3.8) is 0 Å². The van der Waals surface area contributed by atoms with Gasteiger partial charge in [-0.05, 0) is 12.5 Å². The molecule has 0 radical (unpaired) electrons. The summed E-state index contributed by atoms with van der Waals surface area (Å²) >= 11 is 0. The molecular formula is C8H20OSi. The van der Waals surface area contributed by atoms with E-state index in [1.807, 2.05) is 0 Å². The summed E-state index contributed by atoms with van der Waals surface area (Å²) in [5.41, 5.74) is 0.832. The second kappa shape index (κ2) is 4.14. The number of ether oxygens (including phenoxy) is 1. The monoisotopic (exact) mass is 160 g/mol. The fourth-order valence-corrected chi connectivity index (χ4v) is 1.60. The molecule has 10 heavy (non-hydrogen) atoms. The minimum atomic E-state index is -1.02. The highest BCUT2D eigenvalue weighted by Gasteiger charge is 2.24. The Labute approximate surface area is 65.8 Å². The molecule has 0 rings (SSSR count). The molecule has 0 aromatic carbocycles. The number of rotatable bonds is 4. The number of hydrogen-bond donors (Lipinski definition) is 0. The first-order valence-corrected chi connectivity index (χ1v) is 7.37. The van der Waals surface area contributed by atoms with E-state index in [-0.39, 0.29) is 0 Å². The quantitative estimate of drug-likeness (QED) is 0.575. The molecule has 1 nitrogen and oxygen atoms in total. The van der Waals surface area contributed by atoms with Gasteiger partial charge in [-0.25, -0.2) is 0 Å². The molecule has 0 atom stereocenters. The van der Waals surface area contributed by atoms with Crippen LogP contribution < -0.4 is 0 Å². The van der Waals surface area contributed by atoms with Crippen molar-refractivity contribution in [2.75, 3.05) is 12.8 Å². The zero-order valence-corrected chi connectivity index (χ0v) is 8.90. The molecule has 0 aliphatic rings. The molecule has 0 unspecified atom stereocenters. The van der Waals surface area contributed by atoms with E-state index in [0.717, 1.165) is 18.4 Å². The molecule has 0 aromatic rings. The lowest BCUT2D eigenvalue weighted by Crippen LogP contribution is -2.36. The summed E-state index contributed by atoms with van der Waals surface area (Å²) in [5, 5.41) is 0. The summed E-state index contributed by atoms with van der Waals surface area (Å²) < 4.78 is 5.42. The van der Waals surface area contributed by atoms with Crippen LogP contribution in [0.3, 0.4) is 0 Å². The van der Waals surface area contributed by atoms with Crippen LogP contribution >= 0.6 is 0 Å². The van der Waals surface area contributed by atoms with Crippen LogP contribution in [0.15, 0.2) is 0 Å².